The van der Waals surface area contributed by atoms with Crippen LogP contribution in [0.1, 0.15) is 49.1 Å². The largest absolute Gasteiger partial charge is 0.315 e. The van der Waals surface area contributed by atoms with Gasteiger partial charge < -0.3 is 4.90 Å². The second-order valence-electron chi connectivity index (χ2n) is 14.6. The van der Waals surface area contributed by atoms with Crippen LogP contribution in [0.25, 0.3) is 27.5 Å². The highest BCUT2D eigenvalue weighted by atomic mass is 32.2. The van der Waals surface area contributed by atoms with Gasteiger partial charge in [0.05, 0.1) is 0 Å². The number of hydrogen-bond acceptors (Lipinski definition) is 2. The fourth-order valence-corrected chi connectivity index (χ4v) is 15.9. The van der Waals surface area contributed by atoms with Crippen molar-refractivity contribution in [3.63, 3.8) is 0 Å². The lowest BCUT2D eigenvalue weighted by molar-refractivity contribution is 0.535. The van der Waals surface area contributed by atoms with Gasteiger partial charge in [0, 0.05) is 38.3 Å². The average Bonchev–Trinajstić information content (AvgIpc) is 3.72. The Hall–Kier alpha value is -4.57. The third-order valence-corrected chi connectivity index (χ3v) is 17.2. The molecule has 0 amide bonds. The molecule has 3 heterocycles. The lowest BCUT2D eigenvalue weighted by atomic mass is 9.83. The van der Waals surface area contributed by atoms with Crippen LogP contribution in [0, 0.1) is 5.92 Å². The van der Waals surface area contributed by atoms with Crippen LogP contribution < -0.4 is 10.1 Å². The third kappa shape index (κ3) is 4.25. The van der Waals surface area contributed by atoms with Crippen molar-refractivity contribution in [2.24, 2.45) is 5.92 Å². The molecule has 0 spiro atoms. The Balaban J connectivity index is 1.09. The number of allylic oxidation sites excluding steroid dienone is 10. The molecule has 11 rings (SSSR count). The third-order valence-electron chi connectivity index (χ3n) is 12.1. The van der Waals surface area contributed by atoms with Gasteiger partial charge in [-0.2, -0.15) is 0 Å². The Kier molecular flexibility index (Phi) is 6.33. The molecule has 4 unspecified atom stereocenters. The Morgan fingerprint density at radius 1 is 0.714 bits per heavy atom. The normalized spacial score (nSPS) is 24.4. The summed E-state index contributed by atoms with van der Waals surface area (Å²) in [7, 11) is -1.56. The first-order valence-electron chi connectivity index (χ1n) is 18.1. The van der Waals surface area contributed by atoms with E-state index in [9.17, 15) is 0 Å². The molecule has 4 atom stereocenters. The van der Waals surface area contributed by atoms with Crippen molar-refractivity contribution in [3.8, 4) is 11.1 Å². The number of thioether (sulfide) groups is 1. The summed E-state index contributed by atoms with van der Waals surface area (Å²) in [5, 5.41) is 6.02. The lowest BCUT2D eigenvalue weighted by Crippen LogP contribution is -2.47. The summed E-state index contributed by atoms with van der Waals surface area (Å²) < 4.78 is 0. The fourth-order valence-electron chi connectivity index (χ4n) is 9.91. The van der Waals surface area contributed by atoms with Crippen LogP contribution in [0.4, 0.5) is 11.4 Å². The highest BCUT2D eigenvalue weighted by Gasteiger charge is 2.51. The summed E-state index contributed by atoms with van der Waals surface area (Å²) in [5.41, 5.74) is 13.7. The predicted molar refractivity (Wildman–Crippen MR) is 210 cm³/mol. The van der Waals surface area contributed by atoms with Crippen molar-refractivity contribution in [1.29, 1.82) is 0 Å². The van der Waals surface area contributed by atoms with Gasteiger partial charge in [-0.25, -0.2) is 0 Å². The van der Waals surface area contributed by atoms with E-state index in [0.29, 0.717) is 17.4 Å². The predicted octanol–water partition coefficient (Wildman–Crippen LogP) is 11.5. The molecule has 6 aliphatic rings. The van der Waals surface area contributed by atoms with Gasteiger partial charge in [0.15, 0.2) is 0 Å². The molecular formula is C46H37NSSi. The number of rotatable bonds is 3. The summed E-state index contributed by atoms with van der Waals surface area (Å²) in [5.74, 6) is 1.11. The minimum absolute atomic E-state index is 0.506. The van der Waals surface area contributed by atoms with Gasteiger partial charge in [-0.15, -0.1) is 0 Å². The SMILES string of the molecule is C1=CC(C2CC=C3C(C2)[SiH]2C4=CCC5C(=C4c4cccc(c42)N3c2cccc(-c3ccc4ccccc4c3)c2)Sc2ccccc25)=CCC1. The van der Waals surface area contributed by atoms with E-state index in [1.54, 1.807) is 32.1 Å². The van der Waals surface area contributed by atoms with E-state index in [1.807, 2.05) is 0 Å². The van der Waals surface area contributed by atoms with Crippen molar-refractivity contribution in [2.75, 3.05) is 4.90 Å². The topological polar surface area (TPSA) is 3.24 Å². The fraction of sp³-hybridized carbons (Fsp3) is 0.174. The summed E-state index contributed by atoms with van der Waals surface area (Å²) >= 11 is 2.06. The molecule has 3 heteroatoms. The maximum Gasteiger partial charge on any atom is 0.115 e. The second kappa shape index (κ2) is 11.0. The first-order chi connectivity index (χ1) is 24.3. The van der Waals surface area contributed by atoms with Crippen molar-refractivity contribution >= 4 is 53.5 Å². The zero-order valence-electron chi connectivity index (χ0n) is 27.5. The van der Waals surface area contributed by atoms with Crippen LogP contribution in [0.15, 0.2) is 166 Å². The van der Waals surface area contributed by atoms with Gasteiger partial charge in [-0.05, 0) is 118 Å². The molecule has 5 aromatic rings. The van der Waals surface area contributed by atoms with Gasteiger partial charge in [-0.3, -0.25) is 0 Å². The van der Waals surface area contributed by atoms with E-state index in [-0.39, 0.29) is 0 Å². The molecule has 5 aromatic carbocycles. The number of nitrogens with zero attached hydrogens (tertiary/aromatic N) is 1. The zero-order chi connectivity index (χ0) is 32.1. The smallest absolute Gasteiger partial charge is 0.115 e. The lowest BCUT2D eigenvalue weighted by Gasteiger charge is -2.45. The van der Waals surface area contributed by atoms with Crippen molar-refractivity contribution in [1.82, 2.24) is 0 Å². The van der Waals surface area contributed by atoms with E-state index in [2.05, 4.69) is 156 Å². The molecule has 0 saturated carbocycles. The van der Waals surface area contributed by atoms with Gasteiger partial charge in [0.1, 0.15) is 8.80 Å². The van der Waals surface area contributed by atoms with Gasteiger partial charge in [0.2, 0.25) is 0 Å². The maximum absolute atomic E-state index is 2.71. The summed E-state index contributed by atoms with van der Waals surface area (Å²) in [4.78, 5) is 5.77. The van der Waals surface area contributed by atoms with Crippen LogP contribution in [-0.4, -0.2) is 8.80 Å². The van der Waals surface area contributed by atoms with Crippen LogP contribution in [0.3, 0.4) is 0 Å². The van der Waals surface area contributed by atoms with Gasteiger partial charge >= 0.3 is 0 Å². The zero-order valence-corrected chi connectivity index (χ0v) is 29.5. The quantitative estimate of drug-likeness (QED) is 0.177. The van der Waals surface area contributed by atoms with Crippen LogP contribution in [-0.2, 0) is 0 Å². The van der Waals surface area contributed by atoms with Crippen LogP contribution in [0.2, 0.25) is 5.54 Å². The molecule has 0 bridgehead atoms. The van der Waals surface area contributed by atoms with Gasteiger partial charge in [0.25, 0.3) is 0 Å². The van der Waals surface area contributed by atoms with Crippen LogP contribution in [0.5, 0.6) is 0 Å². The Morgan fingerprint density at radius 2 is 1.59 bits per heavy atom. The van der Waals surface area contributed by atoms with E-state index >= 15 is 0 Å². The molecule has 0 fully saturated rings. The van der Waals surface area contributed by atoms with E-state index in [0.717, 1.165) is 12.8 Å². The number of hydrogen-bond donors (Lipinski definition) is 0. The summed E-state index contributed by atoms with van der Waals surface area (Å²) in [6, 6.07) is 41.4. The van der Waals surface area contributed by atoms with Crippen molar-refractivity contribution in [3.05, 3.63) is 172 Å². The van der Waals surface area contributed by atoms with E-state index in [1.165, 1.54) is 68.6 Å². The first-order valence-corrected chi connectivity index (χ1v) is 20.7. The molecule has 3 aliphatic carbocycles. The van der Waals surface area contributed by atoms with Gasteiger partial charge in [-0.1, -0.05) is 126 Å². The standard InChI is InChI=1S/C46H37NSSi/c1-2-10-29(11-3-1)34-22-24-39-43(28-34)49-42-25-23-37-36-16-6-7-19-41(36)48-45(37)44(42)38-17-9-18-40(46(38)49)47(39)35-15-8-14-32(27-35)33-21-20-30-12-4-5-13-31(30)26-33/h2,4-21,24-27,34,37,43,49H,1,3,22-23,28H2. The highest BCUT2D eigenvalue weighted by Crippen LogP contribution is 2.61. The van der Waals surface area contributed by atoms with E-state index in [4.69, 9.17) is 0 Å². The molecule has 236 valence electrons. The Labute approximate surface area is 294 Å². The average molecular weight is 664 g/mol. The molecule has 0 N–H and O–H groups in total. The molecule has 49 heavy (non-hydrogen) atoms. The minimum Gasteiger partial charge on any atom is -0.315 e. The number of anilines is 2. The minimum atomic E-state index is -1.56. The summed E-state index contributed by atoms with van der Waals surface area (Å²) in [6.07, 6.45) is 18.6. The number of benzene rings is 5. The van der Waals surface area contributed by atoms with E-state index < -0.39 is 8.80 Å². The monoisotopic (exact) mass is 663 g/mol. The molecule has 1 nitrogen and oxygen atoms in total. The molecule has 0 saturated heterocycles. The first kappa shape index (κ1) is 28.3. The molecular weight excluding hydrogens is 627 g/mol. The number of fused-ring (bicyclic) bond motifs is 9. The molecule has 0 radical (unpaired) electrons. The molecule has 3 aliphatic heterocycles. The maximum atomic E-state index is 2.71. The Bertz CT molecular complexity index is 2390. The summed E-state index contributed by atoms with van der Waals surface area (Å²) in [6.45, 7) is 0. The van der Waals surface area contributed by atoms with Crippen molar-refractivity contribution in [2.45, 2.75) is 48.5 Å². The highest BCUT2D eigenvalue weighted by molar-refractivity contribution is 8.03. The second-order valence-corrected chi connectivity index (χ2v) is 18.6. The van der Waals surface area contributed by atoms with Crippen molar-refractivity contribution < 1.29 is 0 Å². The molecule has 0 aromatic heterocycles. The van der Waals surface area contributed by atoms with Crippen LogP contribution >= 0.6 is 11.8 Å². The Morgan fingerprint density at radius 3 is 2.53 bits per heavy atom.